The predicted molar refractivity (Wildman–Crippen MR) is 32.4 cm³/mol. The van der Waals surface area contributed by atoms with Gasteiger partial charge in [0.25, 0.3) is 22.6 Å². The van der Waals surface area contributed by atoms with E-state index in [4.69, 9.17) is 0 Å². The third-order valence-electron chi connectivity index (χ3n) is 0.500. The first-order valence-corrected chi connectivity index (χ1v) is 1.73. The summed E-state index contributed by atoms with van der Waals surface area (Å²) in [6, 6.07) is 0. The van der Waals surface area contributed by atoms with Crippen molar-refractivity contribution in [3.05, 3.63) is 0 Å². The van der Waals surface area contributed by atoms with Crippen LogP contribution in [0.2, 0.25) is 0 Å². The maximum absolute atomic E-state index is 2.78. The van der Waals surface area contributed by atoms with Crippen LogP contribution in [-0.2, 0) is 0 Å². The molecular weight excluding hydrogens is 101 g/mol. The van der Waals surface area contributed by atoms with Gasteiger partial charge >= 0.3 is 17.4 Å². The van der Waals surface area contributed by atoms with Crippen LogP contribution in [0.25, 0.3) is 0 Å². The first-order chi connectivity index (χ1) is 3.00. The molecule has 0 aromatic rings. The molecule has 0 spiro atoms. The predicted octanol–water partition coefficient (Wildman–Crippen LogP) is -3.01. The maximum Gasteiger partial charge on any atom is 3.00 e. The molecule has 1 rings (SSSR count). The molecule has 3 N–H and O–H groups in total. The van der Waals surface area contributed by atoms with E-state index in [1.807, 2.05) is 0 Å². The molecule has 0 aromatic heterocycles. The summed E-state index contributed by atoms with van der Waals surface area (Å²) in [5.74, 6) is 0. The average molecular weight is 104 g/mol. The minimum absolute atomic E-state index is 0. The van der Waals surface area contributed by atoms with Gasteiger partial charge in [0.2, 0.25) is 0 Å². The van der Waals surface area contributed by atoms with Crippen molar-refractivity contribution in [1.29, 1.82) is 0 Å². The fourth-order valence-electron chi connectivity index (χ4n) is 0.269. The summed E-state index contributed by atoms with van der Waals surface area (Å²) in [6.45, 7) is 0. The number of hydrogen-bond acceptors (Lipinski definition) is 3. The maximum atomic E-state index is 2.78. The molecule has 1 aliphatic heterocycles. The third-order valence-corrected chi connectivity index (χ3v) is 0.500. The number of nitrogens with one attached hydrogen (secondary N) is 3. The van der Waals surface area contributed by atoms with Gasteiger partial charge in [0.05, 0.1) is 0 Å². The van der Waals surface area contributed by atoms with Gasteiger partial charge in [-0.2, -0.15) is 0 Å². The van der Waals surface area contributed by atoms with Gasteiger partial charge in [-0.3, -0.25) is 0 Å². The van der Waals surface area contributed by atoms with E-state index < -0.39 is 0 Å². The van der Waals surface area contributed by atoms with E-state index in [9.17, 15) is 0 Å². The van der Waals surface area contributed by atoms with Gasteiger partial charge in [0, 0.05) is 0 Å². The summed E-state index contributed by atoms with van der Waals surface area (Å²) in [7, 11) is 5.16. The van der Waals surface area contributed by atoms with Crippen LogP contribution < -0.4 is 15.4 Å². The first kappa shape index (κ1) is 7.61. The minimum atomic E-state index is 0. The molecular formula is H3AlB3N3+3. The fourth-order valence-corrected chi connectivity index (χ4v) is 0.269. The summed E-state index contributed by atoms with van der Waals surface area (Å²) in [6.07, 6.45) is 0. The van der Waals surface area contributed by atoms with Crippen molar-refractivity contribution in [2.24, 2.45) is 0 Å². The largest absolute Gasteiger partial charge is 3.00 e. The smallest absolute Gasteiger partial charge is 0.379 e. The molecule has 0 unspecified atom stereocenters. The Hall–Kier alpha value is 0.607. The first-order valence-electron chi connectivity index (χ1n) is 1.73. The van der Waals surface area contributed by atoms with Crippen molar-refractivity contribution in [2.75, 3.05) is 0 Å². The second-order valence-electron chi connectivity index (χ2n) is 0.933. The van der Waals surface area contributed by atoms with Crippen LogP contribution in [0.3, 0.4) is 0 Å². The van der Waals surface area contributed by atoms with Gasteiger partial charge in [0.1, 0.15) is 0 Å². The third kappa shape index (κ3) is 3.21. The SMILES string of the molecule is [Al+3].[B]1N[B]N[B]N1. The van der Waals surface area contributed by atoms with E-state index in [1.165, 1.54) is 0 Å². The number of rotatable bonds is 0. The Morgan fingerprint density at radius 3 is 1.14 bits per heavy atom. The second kappa shape index (κ2) is 4.76. The summed E-state index contributed by atoms with van der Waals surface area (Å²) in [5.41, 5.74) is 0. The molecule has 1 aliphatic rings. The van der Waals surface area contributed by atoms with Crippen molar-refractivity contribution in [1.82, 2.24) is 15.4 Å². The average Bonchev–Trinajstić information content (AvgIpc) is 1.72. The van der Waals surface area contributed by atoms with Crippen molar-refractivity contribution < 1.29 is 0 Å². The minimum Gasteiger partial charge on any atom is -0.379 e. The zero-order valence-corrected chi connectivity index (χ0v) is 4.96. The van der Waals surface area contributed by atoms with Crippen molar-refractivity contribution >= 4 is 40.0 Å². The zero-order valence-electron chi connectivity index (χ0n) is 3.81. The molecule has 1 fully saturated rings. The molecule has 0 atom stereocenters. The standard InChI is InChI=1S/Al.B3H3N3/c;1-4-2-6-3-5-1/h;4-6H/q+3;. The normalized spacial score (nSPS) is 17.1. The van der Waals surface area contributed by atoms with Crippen molar-refractivity contribution in [3.8, 4) is 0 Å². The van der Waals surface area contributed by atoms with Gasteiger partial charge < -0.3 is 15.4 Å². The number of hydrogen-bond donors (Lipinski definition) is 3. The van der Waals surface area contributed by atoms with Gasteiger partial charge in [0.15, 0.2) is 0 Å². The van der Waals surface area contributed by atoms with E-state index in [2.05, 4.69) is 15.4 Å². The summed E-state index contributed by atoms with van der Waals surface area (Å²) in [4.78, 5) is 0. The van der Waals surface area contributed by atoms with Crippen LogP contribution in [0.15, 0.2) is 0 Å². The van der Waals surface area contributed by atoms with Gasteiger partial charge in [-0.05, 0) is 0 Å². The topological polar surface area (TPSA) is 36.1 Å². The van der Waals surface area contributed by atoms with E-state index >= 15 is 0 Å². The Labute approximate surface area is 56.0 Å². The second-order valence-corrected chi connectivity index (χ2v) is 0.933. The Balaban J connectivity index is 0.000000360. The fraction of sp³-hybridized carbons (Fsp3) is 0. The molecule has 27 valence electrons. The Bertz CT molecular complexity index is 25.7. The van der Waals surface area contributed by atoms with Crippen molar-refractivity contribution in [2.45, 2.75) is 0 Å². The molecule has 7 heteroatoms. The molecule has 3 radical (unpaired) electrons. The van der Waals surface area contributed by atoms with Crippen LogP contribution in [0.4, 0.5) is 0 Å². The van der Waals surface area contributed by atoms with E-state index in [-0.39, 0.29) is 17.4 Å². The Kier molecular flexibility index (Phi) is 5.17. The molecule has 0 aliphatic carbocycles. The summed E-state index contributed by atoms with van der Waals surface area (Å²) in [5, 5.41) is 8.34. The van der Waals surface area contributed by atoms with Gasteiger partial charge in [-0.25, -0.2) is 0 Å². The van der Waals surface area contributed by atoms with E-state index in [0.717, 1.165) is 0 Å². The van der Waals surface area contributed by atoms with Crippen LogP contribution >= 0.6 is 0 Å². The molecule has 0 saturated carbocycles. The molecule has 0 bridgehead atoms. The van der Waals surface area contributed by atoms with Crippen LogP contribution in [0, 0.1) is 0 Å². The molecule has 1 heterocycles. The Morgan fingerprint density at radius 2 is 1.00 bits per heavy atom. The van der Waals surface area contributed by atoms with E-state index in [1.54, 1.807) is 22.6 Å². The zero-order chi connectivity index (χ0) is 4.24. The van der Waals surface area contributed by atoms with Crippen LogP contribution in [0.1, 0.15) is 0 Å². The summed E-state index contributed by atoms with van der Waals surface area (Å²) >= 11 is 0. The molecule has 0 amide bonds. The molecule has 3 nitrogen and oxygen atoms in total. The Morgan fingerprint density at radius 1 is 0.714 bits per heavy atom. The quantitative estimate of drug-likeness (QED) is 0.287. The van der Waals surface area contributed by atoms with Crippen molar-refractivity contribution in [3.63, 3.8) is 0 Å². The molecule has 7 heavy (non-hydrogen) atoms. The summed E-state index contributed by atoms with van der Waals surface area (Å²) < 4.78 is 0. The molecule has 0 aromatic carbocycles. The molecule has 1 saturated heterocycles. The monoisotopic (exact) mass is 105 g/mol. The van der Waals surface area contributed by atoms with Crippen LogP contribution in [-0.4, -0.2) is 40.0 Å². The van der Waals surface area contributed by atoms with Gasteiger partial charge in [-0.1, -0.05) is 0 Å². The van der Waals surface area contributed by atoms with Gasteiger partial charge in [-0.15, -0.1) is 0 Å². The van der Waals surface area contributed by atoms with Crippen LogP contribution in [0.5, 0.6) is 0 Å². The van der Waals surface area contributed by atoms with E-state index in [0.29, 0.717) is 0 Å².